The van der Waals surface area contributed by atoms with Crippen molar-refractivity contribution in [1.82, 2.24) is 10.2 Å². The molecule has 0 aliphatic carbocycles. The summed E-state index contributed by atoms with van der Waals surface area (Å²) >= 11 is 0. The summed E-state index contributed by atoms with van der Waals surface area (Å²) in [7, 11) is -2.31. The summed E-state index contributed by atoms with van der Waals surface area (Å²) in [4.78, 5) is -0.0163. The normalized spacial score (nSPS) is 11.6. The largest absolute Gasteiger partial charge is 0.497 e. The summed E-state index contributed by atoms with van der Waals surface area (Å²) in [5.41, 5.74) is 6.72. The molecule has 0 unspecified atom stereocenters. The number of benzene rings is 1. The van der Waals surface area contributed by atoms with Crippen molar-refractivity contribution in [3.05, 3.63) is 30.0 Å². The van der Waals surface area contributed by atoms with Gasteiger partial charge >= 0.3 is 0 Å². The summed E-state index contributed by atoms with van der Waals surface area (Å²) in [6, 6.07) is 6.04. The van der Waals surface area contributed by atoms with Gasteiger partial charge in [-0.3, -0.25) is 9.82 Å². The minimum Gasteiger partial charge on any atom is -0.497 e. The Morgan fingerprint density at radius 2 is 2.05 bits per heavy atom. The zero-order valence-electron chi connectivity index (χ0n) is 12.0. The average molecular weight is 310 g/mol. The lowest BCUT2D eigenvalue weighted by Crippen LogP contribution is -2.15. The smallest absolute Gasteiger partial charge is 0.265 e. The number of nitrogens with zero attached hydrogens (tertiary/aromatic N) is 1. The third-order valence-corrected chi connectivity index (χ3v) is 4.39. The van der Waals surface area contributed by atoms with Crippen molar-refractivity contribution in [2.75, 3.05) is 17.6 Å². The van der Waals surface area contributed by atoms with Crippen molar-refractivity contribution in [2.24, 2.45) is 0 Å². The Morgan fingerprint density at radius 1 is 1.33 bits per heavy atom. The van der Waals surface area contributed by atoms with Crippen LogP contribution in [0.3, 0.4) is 0 Å². The molecule has 114 valence electrons. The number of methoxy groups -OCH3 is 1. The number of aromatic amines is 1. The number of nitrogens with one attached hydrogen (secondary N) is 2. The van der Waals surface area contributed by atoms with Crippen LogP contribution < -0.4 is 15.2 Å². The maximum Gasteiger partial charge on any atom is 0.265 e. The molecule has 0 radical (unpaired) electrons. The van der Waals surface area contributed by atoms with Crippen molar-refractivity contribution < 1.29 is 13.2 Å². The lowest BCUT2D eigenvalue weighted by molar-refractivity contribution is 0.414. The zero-order chi connectivity index (χ0) is 15.6. The predicted molar refractivity (Wildman–Crippen MR) is 80.9 cm³/mol. The van der Waals surface area contributed by atoms with E-state index >= 15 is 0 Å². The van der Waals surface area contributed by atoms with Crippen LogP contribution in [0.5, 0.6) is 5.75 Å². The standard InChI is InChI=1S/C13H18N4O3S/c1-8(2)11-7-13(16-15-11)17-21(18,19)12-5-4-9(20-3)6-10(12)14/h4-8H,14H2,1-3H3,(H2,15,16,17). The molecule has 0 spiro atoms. The van der Waals surface area contributed by atoms with Gasteiger partial charge < -0.3 is 10.5 Å². The number of rotatable bonds is 5. The number of ether oxygens (including phenoxy) is 1. The highest BCUT2D eigenvalue weighted by molar-refractivity contribution is 7.92. The molecule has 21 heavy (non-hydrogen) atoms. The van der Waals surface area contributed by atoms with Gasteiger partial charge in [-0.15, -0.1) is 0 Å². The number of H-pyrrole nitrogens is 1. The Bertz CT molecular complexity index is 738. The Labute approximate surface area is 123 Å². The van der Waals surface area contributed by atoms with E-state index in [0.717, 1.165) is 5.69 Å². The van der Waals surface area contributed by atoms with E-state index in [1.807, 2.05) is 13.8 Å². The zero-order valence-corrected chi connectivity index (χ0v) is 12.9. The van der Waals surface area contributed by atoms with Gasteiger partial charge in [0, 0.05) is 17.8 Å². The van der Waals surface area contributed by atoms with Gasteiger partial charge in [-0.2, -0.15) is 5.10 Å². The fourth-order valence-electron chi connectivity index (χ4n) is 1.78. The van der Waals surface area contributed by atoms with Crippen LogP contribution in [0.25, 0.3) is 0 Å². The van der Waals surface area contributed by atoms with E-state index in [1.54, 1.807) is 6.07 Å². The molecule has 1 heterocycles. The van der Waals surface area contributed by atoms with Gasteiger partial charge in [-0.05, 0) is 18.1 Å². The molecule has 0 saturated heterocycles. The van der Waals surface area contributed by atoms with E-state index in [9.17, 15) is 8.42 Å². The first kappa shape index (κ1) is 15.2. The van der Waals surface area contributed by atoms with Crippen LogP contribution in [0.1, 0.15) is 25.5 Å². The molecule has 0 amide bonds. The van der Waals surface area contributed by atoms with E-state index < -0.39 is 10.0 Å². The van der Waals surface area contributed by atoms with Crippen molar-refractivity contribution in [1.29, 1.82) is 0 Å². The SMILES string of the molecule is COc1ccc(S(=O)(=O)Nc2cc(C(C)C)[nH]n2)c(N)c1. The maximum atomic E-state index is 12.3. The summed E-state index contributed by atoms with van der Waals surface area (Å²) in [6.07, 6.45) is 0. The number of sulfonamides is 1. The third-order valence-electron chi connectivity index (χ3n) is 2.97. The highest BCUT2D eigenvalue weighted by Crippen LogP contribution is 2.25. The Morgan fingerprint density at radius 3 is 2.57 bits per heavy atom. The fraction of sp³-hybridized carbons (Fsp3) is 0.308. The van der Waals surface area contributed by atoms with Crippen molar-refractivity contribution in [3.63, 3.8) is 0 Å². The molecule has 0 aliphatic heterocycles. The first-order valence-corrected chi connectivity index (χ1v) is 7.83. The van der Waals surface area contributed by atoms with Crippen molar-refractivity contribution in [3.8, 4) is 5.75 Å². The van der Waals surface area contributed by atoms with Gasteiger partial charge in [0.15, 0.2) is 5.82 Å². The van der Waals surface area contributed by atoms with Gasteiger partial charge in [-0.25, -0.2) is 8.42 Å². The number of nitrogen functional groups attached to an aromatic ring is 1. The lowest BCUT2D eigenvalue weighted by atomic mass is 10.1. The summed E-state index contributed by atoms with van der Waals surface area (Å²) in [6.45, 7) is 3.96. The highest BCUT2D eigenvalue weighted by Gasteiger charge is 2.19. The molecule has 2 rings (SSSR count). The second kappa shape index (κ2) is 5.65. The van der Waals surface area contributed by atoms with Crippen LogP contribution in [0.2, 0.25) is 0 Å². The first-order chi connectivity index (χ1) is 9.83. The van der Waals surface area contributed by atoms with E-state index in [0.29, 0.717) is 5.75 Å². The number of hydrogen-bond acceptors (Lipinski definition) is 5. The topological polar surface area (TPSA) is 110 Å². The molecular weight excluding hydrogens is 292 g/mol. The Balaban J connectivity index is 2.29. The van der Waals surface area contributed by atoms with Crippen molar-refractivity contribution in [2.45, 2.75) is 24.7 Å². The van der Waals surface area contributed by atoms with Crippen LogP contribution in [0.15, 0.2) is 29.2 Å². The van der Waals surface area contributed by atoms with E-state index in [2.05, 4.69) is 14.9 Å². The molecule has 7 nitrogen and oxygen atoms in total. The maximum absolute atomic E-state index is 12.3. The second-order valence-corrected chi connectivity index (χ2v) is 6.52. The molecule has 2 aromatic rings. The molecule has 1 aromatic carbocycles. The quantitative estimate of drug-likeness (QED) is 0.731. The van der Waals surface area contributed by atoms with Crippen LogP contribution in [0.4, 0.5) is 11.5 Å². The van der Waals surface area contributed by atoms with Crippen LogP contribution in [-0.4, -0.2) is 25.7 Å². The molecule has 0 atom stereocenters. The van der Waals surface area contributed by atoms with Gasteiger partial charge in [0.05, 0.1) is 12.8 Å². The van der Waals surface area contributed by atoms with Gasteiger partial charge in [-0.1, -0.05) is 13.8 Å². The molecule has 0 fully saturated rings. The molecule has 0 bridgehead atoms. The molecule has 0 aliphatic rings. The van der Waals surface area contributed by atoms with Gasteiger partial charge in [0.1, 0.15) is 10.6 Å². The molecule has 4 N–H and O–H groups in total. The summed E-state index contributed by atoms with van der Waals surface area (Å²) in [5.74, 6) is 0.948. The second-order valence-electron chi connectivity index (χ2n) is 4.87. The number of anilines is 2. The third kappa shape index (κ3) is 3.27. The molecule has 8 heteroatoms. The number of nitrogens with two attached hydrogens (primary N) is 1. The van der Waals surface area contributed by atoms with Gasteiger partial charge in [0.25, 0.3) is 10.0 Å². The number of aromatic nitrogens is 2. The van der Waals surface area contributed by atoms with E-state index in [1.165, 1.54) is 25.3 Å². The van der Waals surface area contributed by atoms with Crippen LogP contribution in [0, 0.1) is 0 Å². The lowest BCUT2D eigenvalue weighted by Gasteiger charge is -2.09. The van der Waals surface area contributed by atoms with Crippen LogP contribution in [-0.2, 0) is 10.0 Å². The molecule has 1 aromatic heterocycles. The fourth-order valence-corrected chi connectivity index (χ4v) is 2.88. The minimum absolute atomic E-state index is 0.0163. The Hall–Kier alpha value is -2.22. The monoisotopic (exact) mass is 310 g/mol. The predicted octanol–water partition coefficient (Wildman–Crippen LogP) is 1.92. The molecular formula is C13H18N4O3S. The average Bonchev–Trinajstić information content (AvgIpc) is 2.86. The first-order valence-electron chi connectivity index (χ1n) is 6.35. The van der Waals surface area contributed by atoms with Crippen LogP contribution >= 0.6 is 0 Å². The minimum atomic E-state index is -3.79. The summed E-state index contributed by atoms with van der Waals surface area (Å²) in [5, 5.41) is 6.71. The Kier molecular flexibility index (Phi) is 4.08. The van der Waals surface area contributed by atoms with E-state index in [4.69, 9.17) is 10.5 Å². The van der Waals surface area contributed by atoms with Gasteiger partial charge in [0.2, 0.25) is 0 Å². The summed E-state index contributed by atoms with van der Waals surface area (Å²) < 4.78 is 32.0. The van der Waals surface area contributed by atoms with E-state index in [-0.39, 0.29) is 22.3 Å². The highest BCUT2D eigenvalue weighted by atomic mass is 32.2. The number of hydrogen-bond donors (Lipinski definition) is 3. The van der Waals surface area contributed by atoms with Crippen molar-refractivity contribution >= 4 is 21.5 Å². The molecule has 0 saturated carbocycles.